The molecule has 1 heteroatoms. The van der Waals surface area contributed by atoms with Gasteiger partial charge in [-0.05, 0) is 57.2 Å². The fourth-order valence-electron chi connectivity index (χ4n) is 4.15. The van der Waals surface area contributed by atoms with Crippen molar-refractivity contribution in [1.29, 1.82) is 0 Å². The van der Waals surface area contributed by atoms with Gasteiger partial charge in [-0.25, -0.2) is 0 Å². The van der Waals surface area contributed by atoms with Crippen molar-refractivity contribution in [3.63, 3.8) is 0 Å². The van der Waals surface area contributed by atoms with Crippen LogP contribution in [0.15, 0.2) is 41.5 Å². The molecule has 0 spiro atoms. The summed E-state index contributed by atoms with van der Waals surface area (Å²) in [4.78, 5) is 0. The van der Waals surface area contributed by atoms with Gasteiger partial charge < -0.3 is 4.74 Å². The normalized spacial score (nSPS) is 25.3. The van der Waals surface area contributed by atoms with Crippen LogP contribution >= 0.6 is 0 Å². The molecule has 0 bridgehead atoms. The molecule has 0 saturated heterocycles. The lowest BCUT2D eigenvalue weighted by Crippen LogP contribution is -2.39. The first-order chi connectivity index (χ1) is 10.9. The summed E-state index contributed by atoms with van der Waals surface area (Å²) in [6, 6.07) is 6.83. The maximum Gasteiger partial charge on any atom is 0.0886 e. The first kappa shape index (κ1) is 16.5. The summed E-state index contributed by atoms with van der Waals surface area (Å²) in [6.07, 6.45) is 10.0. The number of fused-ring (bicyclic) bond motifs is 3. The molecule has 1 aliphatic heterocycles. The second-order valence-electron chi connectivity index (χ2n) is 7.75. The van der Waals surface area contributed by atoms with E-state index >= 15 is 0 Å². The highest BCUT2D eigenvalue weighted by Gasteiger charge is 2.41. The molecule has 0 radical (unpaired) electrons. The third-order valence-corrected chi connectivity index (χ3v) is 5.30. The van der Waals surface area contributed by atoms with Crippen LogP contribution in [0.3, 0.4) is 0 Å². The van der Waals surface area contributed by atoms with E-state index in [9.17, 15) is 0 Å². The van der Waals surface area contributed by atoms with Crippen molar-refractivity contribution < 1.29 is 4.74 Å². The largest absolute Gasteiger partial charge is 0.363 e. The summed E-state index contributed by atoms with van der Waals surface area (Å²) in [5.41, 5.74) is 6.84. The molecule has 0 fully saturated rings. The van der Waals surface area contributed by atoms with E-state index in [0.717, 1.165) is 0 Å². The van der Waals surface area contributed by atoms with Crippen molar-refractivity contribution in [2.75, 3.05) is 0 Å². The zero-order valence-corrected chi connectivity index (χ0v) is 15.3. The van der Waals surface area contributed by atoms with Gasteiger partial charge in [-0.15, -0.1) is 0 Å². The van der Waals surface area contributed by atoms with E-state index in [0.29, 0.717) is 5.92 Å². The molecular weight excluding hydrogens is 280 g/mol. The number of ether oxygens (including phenoxy) is 1. The average Bonchev–Trinajstić information content (AvgIpc) is 2.46. The van der Waals surface area contributed by atoms with Crippen LogP contribution in [0.1, 0.15) is 76.0 Å². The van der Waals surface area contributed by atoms with Gasteiger partial charge in [-0.2, -0.15) is 0 Å². The zero-order chi connectivity index (χ0) is 16.6. The summed E-state index contributed by atoms with van der Waals surface area (Å²) in [7, 11) is 0. The van der Waals surface area contributed by atoms with Gasteiger partial charge in [0, 0.05) is 5.92 Å². The van der Waals surface area contributed by atoms with Crippen molar-refractivity contribution in [2.24, 2.45) is 0 Å². The lowest BCUT2D eigenvalue weighted by molar-refractivity contribution is -0.0757. The Hall–Kier alpha value is -1.34. The van der Waals surface area contributed by atoms with Gasteiger partial charge in [0.15, 0.2) is 0 Å². The second-order valence-corrected chi connectivity index (χ2v) is 7.75. The molecule has 0 saturated carbocycles. The molecule has 1 nitrogen and oxygen atoms in total. The van der Waals surface area contributed by atoms with Crippen molar-refractivity contribution in [1.82, 2.24) is 0 Å². The van der Waals surface area contributed by atoms with Crippen LogP contribution in [0.25, 0.3) is 0 Å². The second kappa shape index (κ2) is 6.28. The van der Waals surface area contributed by atoms with Crippen LogP contribution in [0.2, 0.25) is 0 Å². The first-order valence-electron chi connectivity index (χ1n) is 9.10. The molecular formula is C22H30O. The van der Waals surface area contributed by atoms with Gasteiger partial charge >= 0.3 is 0 Å². The van der Waals surface area contributed by atoms with Crippen LogP contribution in [0, 0.1) is 6.92 Å². The van der Waals surface area contributed by atoms with Crippen LogP contribution in [0.4, 0.5) is 0 Å². The fraction of sp³-hybridized carbons (Fsp3) is 0.545. The molecule has 1 aliphatic carbocycles. The molecule has 1 aromatic rings. The van der Waals surface area contributed by atoms with Gasteiger partial charge in [0.25, 0.3) is 0 Å². The number of aryl methyl sites for hydroxylation is 1. The van der Waals surface area contributed by atoms with Crippen molar-refractivity contribution in [3.05, 3.63) is 58.2 Å². The third-order valence-electron chi connectivity index (χ3n) is 5.30. The van der Waals surface area contributed by atoms with E-state index in [1.807, 2.05) is 0 Å². The summed E-state index contributed by atoms with van der Waals surface area (Å²) >= 11 is 0. The van der Waals surface area contributed by atoms with Gasteiger partial charge in [-0.1, -0.05) is 61.3 Å². The number of hydrogen-bond donors (Lipinski definition) is 0. The van der Waals surface area contributed by atoms with Crippen molar-refractivity contribution in [3.8, 4) is 0 Å². The fourth-order valence-corrected chi connectivity index (χ4v) is 4.15. The summed E-state index contributed by atoms with van der Waals surface area (Å²) in [5, 5.41) is 0. The topological polar surface area (TPSA) is 9.23 Å². The predicted molar refractivity (Wildman–Crippen MR) is 97.8 cm³/mol. The summed E-state index contributed by atoms with van der Waals surface area (Å²) in [6.45, 7) is 11.1. The van der Waals surface area contributed by atoms with E-state index in [4.69, 9.17) is 4.74 Å². The highest BCUT2D eigenvalue weighted by Crippen LogP contribution is 2.47. The highest BCUT2D eigenvalue weighted by atomic mass is 16.5. The van der Waals surface area contributed by atoms with Crippen LogP contribution < -0.4 is 0 Å². The summed E-state index contributed by atoms with van der Waals surface area (Å²) < 4.78 is 6.53. The average molecular weight is 310 g/mol. The smallest absolute Gasteiger partial charge is 0.0886 e. The minimum atomic E-state index is -0.215. The predicted octanol–water partition coefficient (Wildman–Crippen LogP) is 6.18. The summed E-state index contributed by atoms with van der Waals surface area (Å²) in [5.74, 6) is 0.382. The van der Waals surface area contributed by atoms with E-state index < -0.39 is 0 Å². The number of allylic oxidation sites excluding steroid dienone is 2. The monoisotopic (exact) mass is 310 g/mol. The van der Waals surface area contributed by atoms with E-state index in [1.165, 1.54) is 53.5 Å². The van der Waals surface area contributed by atoms with Gasteiger partial charge in [0.2, 0.25) is 0 Å². The molecule has 0 N–H and O–H groups in total. The van der Waals surface area contributed by atoms with E-state index in [-0.39, 0.29) is 11.7 Å². The van der Waals surface area contributed by atoms with Gasteiger partial charge in [0.05, 0.1) is 11.7 Å². The molecule has 0 aromatic heterocycles. The highest BCUT2D eigenvalue weighted by molar-refractivity contribution is 5.48. The number of benzene rings is 1. The minimum absolute atomic E-state index is 0.181. The minimum Gasteiger partial charge on any atom is -0.363 e. The lowest BCUT2D eigenvalue weighted by Gasteiger charge is -2.44. The van der Waals surface area contributed by atoms with Crippen LogP contribution in [-0.2, 0) is 10.3 Å². The Balaban J connectivity index is 1.96. The molecule has 124 valence electrons. The molecule has 1 aromatic carbocycles. The van der Waals surface area contributed by atoms with Gasteiger partial charge in [0.1, 0.15) is 0 Å². The van der Waals surface area contributed by atoms with Crippen molar-refractivity contribution >= 4 is 0 Å². The third kappa shape index (κ3) is 3.17. The Labute approximate surface area is 141 Å². The molecule has 0 amide bonds. The van der Waals surface area contributed by atoms with Gasteiger partial charge in [-0.3, -0.25) is 0 Å². The first-order valence-corrected chi connectivity index (χ1v) is 9.10. The van der Waals surface area contributed by atoms with E-state index in [2.05, 4.69) is 65.0 Å². The standard InChI is InChI=1S/C22H30O/c1-6-7-8-9-17-13-16(3)21-18-12-15(2)10-11-19(18)22(4,5)23-20(21)14-17/h10-14,20-21H,6-9H2,1-5H3. The molecule has 23 heavy (non-hydrogen) atoms. The molecule has 3 rings (SSSR count). The Kier molecular flexibility index (Phi) is 4.51. The Bertz CT molecular complexity index is 648. The molecule has 2 aliphatic rings. The lowest BCUT2D eigenvalue weighted by atomic mass is 9.73. The van der Waals surface area contributed by atoms with Crippen LogP contribution in [-0.4, -0.2) is 6.10 Å². The number of rotatable bonds is 4. The molecule has 1 heterocycles. The number of unbranched alkanes of at least 4 members (excludes halogenated alkanes) is 2. The maximum absolute atomic E-state index is 6.53. The molecule has 2 atom stereocenters. The number of hydrogen-bond acceptors (Lipinski definition) is 1. The quantitative estimate of drug-likeness (QED) is 0.603. The van der Waals surface area contributed by atoms with Crippen molar-refractivity contribution in [2.45, 2.75) is 77.9 Å². The SMILES string of the molecule is CCCCCC1=CC2OC(C)(C)c3ccc(C)cc3C2C(C)=C1. The Morgan fingerprint density at radius 3 is 2.65 bits per heavy atom. The molecule has 2 unspecified atom stereocenters. The zero-order valence-electron chi connectivity index (χ0n) is 15.3. The Morgan fingerprint density at radius 1 is 1.13 bits per heavy atom. The Morgan fingerprint density at radius 2 is 1.91 bits per heavy atom. The maximum atomic E-state index is 6.53. The van der Waals surface area contributed by atoms with Crippen LogP contribution in [0.5, 0.6) is 0 Å². The van der Waals surface area contributed by atoms with E-state index in [1.54, 1.807) is 0 Å².